The van der Waals surface area contributed by atoms with Gasteiger partial charge in [0.15, 0.2) is 17.5 Å². The fourth-order valence-electron chi connectivity index (χ4n) is 3.53. The van der Waals surface area contributed by atoms with Crippen molar-refractivity contribution in [1.29, 1.82) is 5.41 Å². The van der Waals surface area contributed by atoms with Crippen molar-refractivity contribution in [3.05, 3.63) is 41.2 Å². The van der Waals surface area contributed by atoms with Gasteiger partial charge in [0.05, 0.1) is 12.1 Å². The van der Waals surface area contributed by atoms with Gasteiger partial charge in [-0.1, -0.05) is 26.7 Å². The number of nitrogens with zero attached hydrogens (tertiary/aromatic N) is 3. The van der Waals surface area contributed by atoms with Gasteiger partial charge < -0.3 is 16.6 Å². The molecule has 30 heavy (non-hydrogen) atoms. The third-order valence-electron chi connectivity index (χ3n) is 5.52. The third kappa shape index (κ3) is 5.71. The van der Waals surface area contributed by atoms with Gasteiger partial charge >= 0.3 is 5.97 Å². The first-order valence-electron chi connectivity index (χ1n) is 9.96. The van der Waals surface area contributed by atoms with Crippen LogP contribution in [0.25, 0.3) is 0 Å². The van der Waals surface area contributed by atoms with Crippen molar-refractivity contribution >= 4 is 23.3 Å². The largest absolute Gasteiger partial charge is 0.481 e. The summed E-state index contributed by atoms with van der Waals surface area (Å²) in [4.78, 5) is 22.2. The van der Waals surface area contributed by atoms with Crippen LogP contribution in [0, 0.1) is 35.9 Å². The van der Waals surface area contributed by atoms with Crippen molar-refractivity contribution in [3.63, 3.8) is 0 Å². The van der Waals surface area contributed by atoms with Crippen LogP contribution in [0.4, 0.5) is 16.0 Å². The summed E-state index contributed by atoms with van der Waals surface area (Å²) in [5.74, 6) is -0.465. The minimum Gasteiger partial charge on any atom is -0.481 e. The number of carboxylic acids is 1. The molecular weight excluding hydrogens is 387 g/mol. The number of aliphatic carboxylic acids is 1. The molecule has 0 spiro atoms. The molecule has 9 heteroatoms. The predicted octanol–water partition coefficient (Wildman–Crippen LogP) is 3.43. The second-order valence-electron chi connectivity index (χ2n) is 7.76. The lowest BCUT2D eigenvalue weighted by Crippen LogP contribution is -2.29. The third-order valence-corrected chi connectivity index (χ3v) is 5.52. The fourth-order valence-corrected chi connectivity index (χ4v) is 3.53. The Morgan fingerprint density at radius 3 is 2.57 bits per heavy atom. The SMILES string of the molecule is CCC1CCC(C)C(C(=O)O)C1.Cc1cnc(N)c(C(=N)c2ncc(F)c(N)n2)c1. The number of carbonyl (C=O) groups is 1. The second-order valence-corrected chi connectivity index (χ2v) is 7.76. The molecule has 1 saturated carbocycles. The lowest BCUT2D eigenvalue weighted by Gasteiger charge is -2.30. The highest BCUT2D eigenvalue weighted by molar-refractivity contribution is 6.11. The Bertz CT molecular complexity index is 920. The van der Waals surface area contributed by atoms with Gasteiger partial charge in [-0.05, 0) is 43.2 Å². The van der Waals surface area contributed by atoms with Gasteiger partial charge in [-0.15, -0.1) is 0 Å². The van der Waals surface area contributed by atoms with E-state index in [9.17, 15) is 9.18 Å². The molecule has 0 radical (unpaired) electrons. The number of nitrogen functional groups attached to an aromatic ring is 2. The Kier molecular flexibility index (Phi) is 7.79. The fraction of sp³-hybridized carbons (Fsp3) is 0.476. The van der Waals surface area contributed by atoms with Gasteiger partial charge in [0.25, 0.3) is 0 Å². The number of hydrogen-bond donors (Lipinski definition) is 4. The van der Waals surface area contributed by atoms with E-state index in [1.54, 1.807) is 12.3 Å². The smallest absolute Gasteiger partial charge is 0.306 e. The first-order chi connectivity index (χ1) is 14.1. The molecule has 3 atom stereocenters. The number of halogens is 1. The number of nitrogens with two attached hydrogens (primary N) is 2. The Hall–Kier alpha value is -3.10. The first-order valence-corrected chi connectivity index (χ1v) is 9.96. The lowest BCUT2D eigenvalue weighted by molar-refractivity contribution is -0.145. The minimum absolute atomic E-state index is 0.00741. The standard InChI is InChI=1S/C11H11FN6.C10H18O2/c1-5-2-6(9(14)16-3-5)8(13)11-17-4-7(12)10(15)18-11;1-3-8-5-4-7(2)9(6-8)10(11)12/h2-4,13H,1H3,(H2,14,16)(H2,15,17,18);7-9H,3-6H2,1-2H3,(H,11,12). The average molecular weight is 417 g/mol. The molecule has 162 valence electrons. The Morgan fingerprint density at radius 1 is 1.27 bits per heavy atom. The van der Waals surface area contributed by atoms with Crippen molar-refractivity contribution in [1.82, 2.24) is 15.0 Å². The summed E-state index contributed by atoms with van der Waals surface area (Å²) >= 11 is 0. The number of aromatic nitrogens is 3. The van der Waals surface area contributed by atoms with Crippen LogP contribution >= 0.6 is 0 Å². The van der Waals surface area contributed by atoms with Gasteiger partial charge in [0.2, 0.25) is 0 Å². The van der Waals surface area contributed by atoms with Gasteiger partial charge in [0, 0.05) is 11.8 Å². The number of anilines is 2. The van der Waals surface area contributed by atoms with E-state index in [1.165, 1.54) is 6.42 Å². The minimum atomic E-state index is -0.720. The van der Waals surface area contributed by atoms with E-state index in [4.69, 9.17) is 22.0 Å². The zero-order valence-electron chi connectivity index (χ0n) is 17.5. The van der Waals surface area contributed by atoms with Crippen molar-refractivity contribution in [2.24, 2.45) is 17.8 Å². The van der Waals surface area contributed by atoms with Gasteiger partial charge in [-0.2, -0.15) is 0 Å². The summed E-state index contributed by atoms with van der Waals surface area (Å²) < 4.78 is 13.0. The van der Waals surface area contributed by atoms with E-state index < -0.39 is 11.8 Å². The van der Waals surface area contributed by atoms with Gasteiger partial charge in [0.1, 0.15) is 11.5 Å². The predicted molar refractivity (Wildman–Crippen MR) is 114 cm³/mol. The molecule has 0 amide bonds. The lowest BCUT2D eigenvalue weighted by atomic mass is 9.74. The summed E-state index contributed by atoms with van der Waals surface area (Å²) in [6.45, 7) is 6.04. The van der Waals surface area contributed by atoms with Crippen LogP contribution < -0.4 is 11.5 Å². The molecule has 6 N–H and O–H groups in total. The topological polar surface area (TPSA) is 152 Å². The molecule has 2 heterocycles. The maximum absolute atomic E-state index is 13.0. The van der Waals surface area contributed by atoms with E-state index in [0.717, 1.165) is 31.0 Å². The van der Waals surface area contributed by atoms with E-state index in [0.29, 0.717) is 17.4 Å². The maximum Gasteiger partial charge on any atom is 0.306 e. The zero-order valence-corrected chi connectivity index (χ0v) is 17.5. The molecule has 3 unspecified atom stereocenters. The van der Waals surface area contributed by atoms with E-state index in [-0.39, 0.29) is 29.1 Å². The summed E-state index contributed by atoms with van der Waals surface area (Å²) in [6, 6.07) is 1.69. The zero-order chi connectivity index (χ0) is 22.4. The number of carboxylic acid groups (broad SMARTS) is 1. The molecule has 0 saturated heterocycles. The molecular formula is C21H29FN6O2. The van der Waals surface area contributed by atoms with Crippen LogP contribution in [0.1, 0.15) is 56.5 Å². The highest BCUT2D eigenvalue weighted by Crippen LogP contribution is 2.35. The molecule has 1 fully saturated rings. The monoisotopic (exact) mass is 416 g/mol. The molecule has 0 bridgehead atoms. The normalized spacial score (nSPS) is 20.7. The molecule has 2 aromatic heterocycles. The van der Waals surface area contributed by atoms with Crippen LogP contribution in [0.5, 0.6) is 0 Å². The van der Waals surface area contributed by atoms with Crippen molar-refractivity contribution in [2.75, 3.05) is 11.5 Å². The van der Waals surface area contributed by atoms with E-state index in [2.05, 4.69) is 28.8 Å². The molecule has 2 aromatic rings. The quantitative estimate of drug-likeness (QED) is 0.557. The molecule has 8 nitrogen and oxygen atoms in total. The highest BCUT2D eigenvalue weighted by atomic mass is 19.1. The van der Waals surface area contributed by atoms with Crippen LogP contribution in [-0.4, -0.2) is 31.7 Å². The summed E-state index contributed by atoms with van der Waals surface area (Å²) in [5, 5.41) is 16.9. The molecule has 1 aliphatic carbocycles. The Balaban J connectivity index is 0.000000232. The highest BCUT2D eigenvalue weighted by Gasteiger charge is 2.31. The molecule has 0 aromatic carbocycles. The number of pyridine rings is 1. The van der Waals surface area contributed by atoms with Crippen LogP contribution in [0.2, 0.25) is 0 Å². The molecule has 3 rings (SSSR count). The number of nitrogens with one attached hydrogen (secondary N) is 1. The first kappa shape index (κ1) is 23.2. The van der Waals surface area contributed by atoms with Gasteiger partial charge in [-0.25, -0.2) is 19.3 Å². The van der Waals surface area contributed by atoms with Crippen LogP contribution in [-0.2, 0) is 4.79 Å². The number of aryl methyl sites for hydroxylation is 1. The van der Waals surface area contributed by atoms with Crippen molar-refractivity contribution < 1.29 is 14.3 Å². The molecule has 0 aliphatic heterocycles. The maximum atomic E-state index is 13.0. The van der Waals surface area contributed by atoms with E-state index >= 15 is 0 Å². The van der Waals surface area contributed by atoms with Crippen LogP contribution in [0.15, 0.2) is 18.5 Å². The molecule has 1 aliphatic rings. The average Bonchev–Trinajstić information content (AvgIpc) is 2.72. The Labute approximate surface area is 175 Å². The van der Waals surface area contributed by atoms with Crippen LogP contribution in [0.3, 0.4) is 0 Å². The van der Waals surface area contributed by atoms with Crippen molar-refractivity contribution in [2.45, 2.75) is 46.5 Å². The van der Waals surface area contributed by atoms with Gasteiger partial charge in [-0.3, -0.25) is 10.2 Å². The summed E-state index contributed by atoms with van der Waals surface area (Å²) in [5.41, 5.74) is 12.2. The second kappa shape index (κ2) is 10.1. The summed E-state index contributed by atoms with van der Waals surface area (Å²) in [7, 11) is 0. The summed E-state index contributed by atoms with van der Waals surface area (Å²) in [6.07, 6.45) is 6.86. The number of rotatable bonds is 4. The van der Waals surface area contributed by atoms with E-state index in [1.807, 2.05) is 6.92 Å². The Morgan fingerprint density at radius 2 is 1.97 bits per heavy atom. The van der Waals surface area contributed by atoms with Crippen molar-refractivity contribution in [3.8, 4) is 0 Å². The number of hydrogen-bond acceptors (Lipinski definition) is 7.